The lowest BCUT2D eigenvalue weighted by molar-refractivity contribution is 0.670. The normalized spacial score (nSPS) is 12.8. The third kappa shape index (κ3) is 5.56. The van der Waals surface area contributed by atoms with Crippen LogP contribution in [0, 0.1) is 0 Å². The second-order valence-electron chi connectivity index (χ2n) is 13.6. The Morgan fingerprint density at radius 2 is 1.00 bits per heavy atom. The summed E-state index contributed by atoms with van der Waals surface area (Å²) >= 11 is 1.75. The number of thiophene rings is 1. The molecule has 0 radical (unpaired) electrons. The molecule has 0 aliphatic rings. The number of furan rings is 1. The Morgan fingerprint density at radius 3 is 1.77 bits per heavy atom. The summed E-state index contributed by atoms with van der Waals surface area (Å²) in [6.45, 7) is 0. The van der Waals surface area contributed by atoms with Gasteiger partial charge >= 0.3 is 0 Å². The van der Waals surface area contributed by atoms with Gasteiger partial charge in [-0.2, -0.15) is 0 Å². The fourth-order valence-electron chi connectivity index (χ4n) is 7.50. The van der Waals surface area contributed by atoms with E-state index < -0.39 is 6.04 Å². The minimum absolute atomic E-state index is 0.190. The zero-order valence-electron chi connectivity index (χ0n) is 34.7. The van der Waals surface area contributed by atoms with Gasteiger partial charge in [0.05, 0.1) is 6.85 Å². The first-order valence-electron chi connectivity index (χ1n) is 20.8. The van der Waals surface area contributed by atoms with Crippen molar-refractivity contribution >= 4 is 53.4 Å². The molecular weight excluding hydrogens is 703 g/mol. The summed E-state index contributed by atoms with van der Waals surface area (Å²) in [5.74, 6) is 1.80. The summed E-state index contributed by atoms with van der Waals surface area (Å²) in [7, 11) is 0. The Hall–Kier alpha value is -7.21. The number of para-hydroxylation sites is 1. The third-order valence-corrected chi connectivity index (χ3v) is 11.5. The molecule has 0 aliphatic carbocycles. The first-order chi connectivity index (χ1) is 29.8. The van der Waals surface area contributed by atoms with Gasteiger partial charge in [0, 0.05) is 53.2 Å². The van der Waals surface area contributed by atoms with Gasteiger partial charge in [0.1, 0.15) is 11.2 Å². The molecule has 4 nitrogen and oxygen atoms in total. The van der Waals surface area contributed by atoms with Crippen LogP contribution in [0.3, 0.4) is 0 Å². The average Bonchev–Trinajstić information content (AvgIpc) is 3.89. The Bertz CT molecular complexity index is 3500. The van der Waals surface area contributed by atoms with Crippen LogP contribution < -0.4 is 0 Å². The minimum Gasteiger partial charge on any atom is -0.455 e. The van der Waals surface area contributed by atoms with Crippen molar-refractivity contribution in [1.29, 1.82) is 0 Å². The quantitative estimate of drug-likeness (QED) is 0.170. The molecule has 3 aromatic heterocycles. The summed E-state index contributed by atoms with van der Waals surface area (Å²) in [4.78, 5) is 15.2. The van der Waals surface area contributed by atoms with Crippen LogP contribution in [-0.4, -0.2) is 15.0 Å². The standard InChI is InChI=1S/C51H31N3OS/c1-3-11-32(12-4-1)33-21-23-34(24-22-33)35-25-27-36(28-26-35)39-16-9-17-41-44-31-38(29-30-45(44)55-47(39)41)50-52-49(37-13-5-2-6-14-37)53-51(54-50)43-19-10-18-42-40-15-7-8-20-46(40)56-48(42)43/h1-31H/i1D,3D,4D,11D,12D. The van der Waals surface area contributed by atoms with Gasteiger partial charge in [-0.3, -0.25) is 0 Å². The SMILES string of the molecule is [2H]c1c([2H])c([2H])c(-c2ccc(-c3ccc(-c4cccc5c4oc4ccc(-c6nc(-c7ccccc7)nc(-c7cccc8c7sc7ccccc78)n6)cc45)cc3)cc2)c([2H])c1[2H]. The molecular formula is C51H31N3OS. The van der Waals surface area contributed by atoms with E-state index in [0.29, 0.717) is 23.0 Å². The molecule has 11 aromatic rings. The lowest BCUT2D eigenvalue weighted by atomic mass is 9.97. The molecule has 262 valence electrons. The lowest BCUT2D eigenvalue weighted by Crippen LogP contribution is -2.00. The number of nitrogens with zero attached hydrogens (tertiary/aromatic N) is 3. The monoisotopic (exact) mass is 738 g/mol. The van der Waals surface area contributed by atoms with Crippen LogP contribution in [-0.2, 0) is 0 Å². The molecule has 56 heavy (non-hydrogen) atoms. The van der Waals surface area contributed by atoms with Crippen molar-refractivity contribution in [1.82, 2.24) is 15.0 Å². The molecule has 3 heterocycles. The summed E-state index contributed by atoms with van der Waals surface area (Å²) in [5, 5.41) is 4.34. The summed E-state index contributed by atoms with van der Waals surface area (Å²) in [6, 6.07) is 51.3. The average molecular weight is 739 g/mol. The van der Waals surface area contributed by atoms with Crippen LogP contribution in [0.2, 0.25) is 0 Å². The van der Waals surface area contributed by atoms with Crippen LogP contribution in [0.15, 0.2) is 192 Å². The van der Waals surface area contributed by atoms with Gasteiger partial charge in [-0.25, -0.2) is 15.0 Å². The van der Waals surface area contributed by atoms with Crippen LogP contribution in [0.1, 0.15) is 6.85 Å². The Morgan fingerprint density at radius 1 is 0.411 bits per heavy atom. The molecule has 8 aromatic carbocycles. The Balaban J connectivity index is 0.958. The Labute approximate surface area is 334 Å². The molecule has 0 unspecified atom stereocenters. The molecule has 0 bridgehead atoms. The highest BCUT2D eigenvalue weighted by Gasteiger charge is 2.18. The number of aromatic nitrogens is 3. The molecule has 11 rings (SSSR count). The largest absolute Gasteiger partial charge is 0.455 e. The van der Waals surface area contributed by atoms with E-state index in [2.05, 4.69) is 84.9 Å². The van der Waals surface area contributed by atoms with Gasteiger partial charge in [0.2, 0.25) is 0 Å². The first-order valence-corrected chi connectivity index (χ1v) is 19.1. The second-order valence-corrected chi connectivity index (χ2v) is 14.7. The fraction of sp³-hybridized carbons (Fsp3) is 0. The predicted molar refractivity (Wildman–Crippen MR) is 233 cm³/mol. The van der Waals surface area contributed by atoms with Crippen molar-refractivity contribution < 1.29 is 11.3 Å². The molecule has 5 heteroatoms. The summed E-state index contributed by atoms with van der Waals surface area (Å²) in [5.41, 5.74) is 8.90. The molecule has 0 aliphatic heterocycles. The zero-order chi connectivity index (χ0) is 41.4. The second kappa shape index (κ2) is 13.3. The van der Waals surface area contributed by atoms with Crippen LogP contribution in [0.5, 0.6) is 0 Å². The van der Waals surface area contributed by atoms with Gasteiger partial charge in [-0.1, -0.05) is 158 Å². The van der Waals surface area contributed by atoms with Crippen LogP contribution in [0.4, 0.5) is 0 Å². The van der Waals surface area contributed by atoms with Crippen molar-refractivity contribution in [3.05, 3.63) is 188 Å². The van der Waals surface area contributed by atoms with Crippen molar-refractivity contribution in [3.63, 3.8) is 0 Å². The van der Waals surface area contributed by atoms with E-state index in [1.807, 2.05) is 60.7 Å². The lowest BCUT2D eigenvalue weighted by Gasteiger charge is -2.09. The van der Waals surface area contributed by atoms with E-state index >= 15 is 0 Å². The molecule has 0 N–H and O–H groups in total. The van der Waals surface area contributed by atoms with E-state index in [1.54, 1.807) is 23.5 Å². The van der Waals surface area contributed by atoms with Gasteiger partial charge < -0.3 is 4.42 Å². The number of hydrogen-bond donors (Lipinski definition) is 0. The molecule has 0 saturated carbocycles. The molecule has 0 saturated heterocycles. The maximum Gasteiger partial charge on any atom is 0.165 e. The van der Waals surface area contributed by atoms with Crippen LogP contribution in [0.25, 0.3) is 110 Å². The van der Waals surface area contributed by atoms with Crippen molar-refractivity contribution in [2.24, 2.45) is 0 Å². The highest BCUT2D eigenvalue weighted by molar-refractivity contribution is 7.26. The van der Waals surface area contributed by atoms with Gasteiger partial charge in [-0.05, 0) is 58.1 Å². The third-order valence-electron chi connectivity index (χ3n) is 10.3. The smallest absolute Gasteiger partial charge is 0.165 e. The topological polar surface area (TPSA) is 51.8 Å². The van der Waals surface area contributed by atoms with Crippen molar-refractivity contribution in [2.45, 2.75) is 0 Å². The summed E-state index contributed by atoms with van der Waals surface area (Å²) < 4.78 is 49.7. The highest BCUT2D eigenvalue weighted by Crippen LogP contribution is 2.41. The minimum atomic E-state index is -0.401. The predicted octanol–water partition coefficient (Wildman–Crippen LogP) is 14.1. The summed E-state index contributed by atoms with van der Waals surface area (Å²) in [6.07, 6.45) is 0. The van der Waals surface area contributed by atoms with Crippen molar-refractivity contribution in [2.75, 3.05) is 0 Å². The Kier molecular flexibility index (Phi) is 6.49. The number of rotatable bonds is 6. The van der Waals surface area contributed by atoms with E-state index in [0.717, 1.165) is 65.6 Å². The van der Waals surface area contributed by atoms with Crippen LogP contribution >= 0.6 is 11.3 Å². The number of fused-ring (bicyclic) bond motifs is 6. The molecule has 0 atom stereocenters. The maximum atomic E-state index is 8.36. The highest BCUT2D eigenvalue weighted by atomic mass is 32.1. The zero-order valence-corrected chi connectivity index (χ0v) is 30.5. The van der Waals surface area contributed by atoms with Gasteiger partial charge in [0.15, 0.2) is 17.5 Å². The first kappa shape index (κ1) is 27.4. The van der Waals surface area contributed by atoms with E-state index in [1.165, 1.54) is 15.5 Å². The fourth-order valence-corrected chi connectivity index (χ4v) is 8.71. The van der Waals surface area contributed by atoms with Gasteiger partial charge in [-0.15, -0.1) is 11.3 Å². The molecule has 0 fully saturated rings. The van der Waals surface area contributed by atoms with Crippen molar-refractivity contribution in [3.8, 4) is 67.5 Å². The molecule has 0 spiro atoms. The number of hydrogen-bond acceptors (Lipinski definition) is 5. The van der Waals surface area contributed by atoms with E-state index in [4.69, 9.17) is 26.2 Å². The van der Waals surface area contributed by atoms with Gasteiger partial charge in [0.25, 0.3) is 0 Å². The number of benzene rings is 8. The van der Waals surface area contributed by atoms with E-state index in [-0.39, 0.29) is 29.7 Å². The molecule has 0 amide bonds. The van der Waals surface area contributed by atoms with E-state index in [9.17, 15) is 0 Å². The maximum absolute atomic E-state index is 8.36.